The van der Waals surface area contributed by atoms with E-state index in [4.69, 9.17) is 4.74 Å². The van der Waals surface area contributed by atoms with Gasteiger partial charge in [0.05, 0.1) is 12.1 Å². The van der Waals surface area contributed by atoms with Crippen molar-refractivity contribution in [3.8, 4) is 5.75 Å². The van der Waals surface area contributed by atoms with Crippen molar-refractivity contribution in [3.05, 3.63) is 59.9 Å². The van der Waals surface area contributed by atoms with Crippen LogP contribution < -0.4 is 10.1 Å². The van der Waals surface area contributed by atoms with Gasteiger partial charge in [-0.1, -0.05) is 18.2 Å². The Morgan fingerprint density at radius 3 is 2.59 bits per heavy atom. The third-order valence-corrected chi connectivity index (χ3v) is 3.40. The van der Waals surface area contributed by atoms with Crippen LogP contribution in [0.5, 0.6) is 5.75 Å². The van der Waals surface area contributed by atoms with Gasteiger partial charge >= 0.3 is 0 Å². The molecule has 0 saturated heterocycles. The molecule has 0 bridgehead atoms. The smallest absolute Gasteiger partial charge is 0.137 e. The number of para-hydroxylation sites is 1. The molecule has 0 radical (unpaired) electrons. The van der Waals surface area contributed by atoms with Crippen LogP contribution in [0.2, 0.25) is 0 Å². The zero-order valence-corrected chi connectivity index (χ0v) is 12.8. The van der Waals surface area contributed by atoms with Gasteiger partial charge in [0.1, 0.15) is 24.5 Å². The van der Waals surface area contributed by atoms with Gasteiger partial charge in [-0.25, -0.2) is 9.97 Å². The summed E-state index contributed by atoms with van der Waals surface area (Å²) in [6.07, 6.45) is 1.58. The van der Waals surface area contributed by atoms with Crippen molar-refractivity contribution in [2.75, 3.05) is 18.5 Å². The first-order valence-electron chi connectivity index (χ1n) is 7.37. The minimum atomic E-state index is 0.585. The molecule has 0 aliphatic carbocycles. The molecular weight excluding hydrogens is 274 g/mol. The standard InChI is InChI=1S/C18H19N3O/c1-13-9-14(2)11-15(10-13)22-8-7-19-18-16-5-3-4-6-17(16)20-12-21-18/h3-6,9-12H,7-8H2,1-2H3,(H,19,20,21). The summed E-state index contributed by atoms with van der Waals surface area (Å²) < 4.78 is 5.80. The van der Waals surface area contributed by atoms with Crippen LogP contribution in [0.3, 0.4) is 0 Å². The minimum absolute atomic E-state index is 0.585. The molecule has 4 nitrogen and oxygen atoms in total. The molecule has 0 aliphatic rings. The van der Waals surface area contributed by atoms with E-state index in [9.17, 15) is 0 Å². The molecule has 22 heavy (non-hydrogen) atoms. The number of aryl methyl sites for hydroxylation is 2. The lowest BCUT2D eigenvalue weighted by atomic mass is 10.1. The Kier molecular flexibility index (Phi) is 4.19. The lowest BCUT2D eigenvalue weighted by molar-refractivity contribution is 0.332. The van der Waals surface area contributed by atoms with Crippen molar-refractivity contribution in [1.29, 1.82) is 0 Å². The molecular formula is C18H19N3O. The van der Waals surface area contributed by atoms with Crippen molar-refractivity contribution in [2.24, 2.45) is 0 Å². The summed E-state index contributed by atoms with van der Waals surface area (Å²) in [7, 11) is 0. The van der Waals surface area contributed by atoms with Crippen LogP contribution in [-0.4, -0.2) is 23.1 Å². The van der Waals surface area contributed by atoms with E-state index in [-0.39, 0.29) is 0 Å². The third kappa shape index (κ3) is 3.34. The first-order chi connectivity index (χ1) is 10.7. The topological polar surface area (TPSA) is 47.0 Å². The maximum absolute atomic E-state index is 5.80. The quantitative estimate of drug-likeness (QED) is 0.728. The van der Waals surface area contributed by atoms with Gasteiger partial charge in [-0.15, -0.1) is 0 Å². The first kappa shape index (κ1) is 14.3. The lowest BCUT2D eigenvalue weighted by Crippen LogP contribution is -2.12. The molecule has 1 N–H and O–H groups in total. The van der Waals surface area contributed by atoms with Gasteiger partial charge in [0.15, 0.2) is 0 Å². The van der Waals surface area contributed by atoms with Gasteiger partial charge in [0.25, 0.3) is 0 Å². The minimum Gasteiger partial charge on any atom is -0.492 e. The molecule has 3 rings (SSSR count). The summed E-state index contributed by atoms with van der Waals surface area (Å²) in [5.74, 6) is 1.75. The number of aromatic nitrogens is 2. The number of benzene rings is 2. The van der Waals surface area contributed by atoms with E-state index in [1.54, 1.807) is 6.33 Å². The maximum Gasteiger partial charge on any atom is 0.137 e. The Labute approximate surface area is 130 Å². The Morgan fingerprint density at radius 1 is 1.00 bits per heavy atom. The zero-order chi connectivity index (χ0) is 15.4. The first-order valence-corrected chi connectivity index (χ1v) is 7.37. The number of nitrogens with zero attached hydrogens (tertiary/aromatic N) is 2. The molecule has 0 spiro atoms. The predicted molar refractivity (Wildman–Crippen MR) is 89.4 cm³/mol. The number of rotatable bonds is 5. The van der Waals surface area contributed by atoms with Crippen LogP contribution in [0.4, 0.5) is 5.82 Å². The third-order valence-electron chi connectivity index (χ3n) is 3.40. The highest BCUT2D eigenvalue weighted by Gasteiger charge is 2.02. The molecule has 2 aromatic carbocycles. The van der Waals surface area contributed by atoms with Crippen molar-refractivity contribution in [3.63, 3.8) is 0 Å². The molecule has 0 atom stereocenters. The fraction of sp³-hybridized carbons (Fsp3) is 0.222. The number of nitrogens with one attached hydrogen (secondary N) is 1. The molecule has 0 fully saturated rings. The van der Waals surface area contributed by atoms with Crippen molar-refractivity contribution in [1.82, 2.24) is 9.97 Å². The number of fused-ring (bicyclic) bond motifs is 1. The summed E-state index contributed by atoms with van der Waals surface area (Å²) in [6, 6.07) is 14.2. The van der Waals surface area contributed by atoms with E-state index in [1.807, 2.05) is 36.4 Å². The average Bonchev–Trinajstić information content (AvgIpc) is 2.51. The normalized spacial score (nSPS) is 10.6. The molecule has 0 amide bonds. The molecule has 0 aliphatic heterocycles. The second kappa shape index (κ2) is 6.43. The van der Waals surface area contributed by atoms with E-state index >= 15 is 0 Å². The predicted octanol–water partition coefficient (Wildman–Crippen LogP) is 3.74. The molecule has 0 unspecified atom stereocenters. The van der Waals surface area contributed by atoms with Crippen molar-refractivity contribution >= 4 is 16.7 Å². The summed E-state index contributed by atoms with van der Waals surface area (Å²) in [6.45, 7) is 5.42. The van der Waals surface area contributed by atoms with Gasteiger partial charge in [-0.3, -0.25) is 0 Å². The second-order valence-electron chi connectivity index (χ2n) is 5.34. The summed E-state index contributed by atoms with van der Waals surface area (Å²) >= 11 is 0. The number of anilines is 1. The molecule has 112 valence electrons. The monoisotopic (exact) mass is 293 g/mol. The molecule has 1 heterocycles. The Hall–Kier alpha value is -2.62. The van der Waals surface area contributed by atoms with Gasteiger partial charge in [-0.2, -0.15) is 0 Å². The number of hydrogen-bond donors (Lipinski definition) is 1. The van der Waals surface area contributed by atoms with Gasteiger partial charge < -0.3 is 10.1 Å². The fourth-order valence-electron chi connectivity index (χ4n) is 2.50. The van der Waals surface area contributed by atoms with Crippen LogP contribution >= 0.6 is 0 Å². The number of hydrogen-bond acceptors (Lipinski definition) is 4. The highest BCUT2D eigenvalue weighted by Crippen LogP contribution is 2.18. The molecule has 4 heteroatoms. The van der Waals surface area contributed by atoms with Crippen LogP contribution in [0, 0.1) is 13.8 Å². The van der Waals surface area contributed by atoms with Crippen molar-refractivity contribution < 1.29 is 4.74 Å². The van der Waals surface area contributed by atoms with E-state index in [0.29, 0.717) is 13.2 Å². The van der Waals surface area contributed by atoms with Crippen LogP contribution in [-0.2, 0) is 0 Å². The molecule has 3 aromatic rings. The number of ether oxygens (including phenoxy) is 1. The van der Waals surface area contributed by atoms with E-state index in [0.717, 1.165) is 22.5 Å². The lowest BCUT2D eigenvalue weighted by Gasteiger charge is -2.10. The Balaban J connectivity index is 1.61. The Bertz CT molecular complexity index is 761. The SMILES string of the molecule is Cc1cc(C)cc(OCCNc2ncnc3ccccc23)c1. The van der Waals surface area contributed by atoms with Gasteiger partial charge in [0.2, 0.25) is 0 Å². The fourth-order valence-corrected chi connectivity index (χ4v) is 2.50. The highest BCUT2D eigenvalue weighted by atomic mass is 16.5. The van der Waals surface area contributed by atoms with E-state index in [2.05, 4.69) is 35.2 Å². The van der Waals surface area contributed by atoms with Gasteiger partial charge in [-0.05, 0) is 49.2 Å². The zero-order valence-electron chi connectivity index (χ0n) is 12.8. The van der Waals surface area contributed by atoms with Crippen LogP contribution in [0.15, 0.2) is 48.8 Å². The van der Waals surface area contributed by atoms with Crippen molar-refractivity contribution in [2.45, 2.75) is 13.8 Å². The second-order valence-corrected chi connectivity index (χ2v) is 5.34. The van der Waals surface area contributed by atoms with E-state index < -0.39 is 0 Å². The van der Waals surface area contributed by atoms with Crippen LogP contribution in [0.25, 0.3) is 10.9 Å². The van der Waals surface area contributed by atoms with Crippen LogP contribution in [0.1, 0.15) is 11.1 Å². The summed E-state index contributed by atoms with van der Waals surface area (Å²) in [5, 5.41) is 4.34. The summed E-state index contributed by atoms with van der Waals surface area (Å²) in [5.41, 5.74) is 3.37. The Morgan fingerprint density at radius 2 is 1.77 bits per heavy atom. The highest BCUT2D eigenvalue weighted by molar-refractivity contribution is 5.88. The maximum atomic E-state index is 5.80. The summed E-state index contributed by atoms with van der Waals surface area (Å²) in [4.78, 5) is 8.56. The molecule has 0 saturated carbocycles. The van der Waals surface area contributed by atoms with E-state index in [1.165, 1.54) is 11.1 Å². The molecule has 1 aromatic heterocycles. The average molecular weight is 293 g/mol. The van der Waals surface area contributed by atoms with Gasteiger partial charge in [0, 0.05) is 5.39 Å². The largest absolute Gasteiger partial charge is 0.492 e.